The second-order valence-corrected chi connectivity index (χ2v) is 7.66. The number of pyridine rings is 1. The van der Waals surface area contributed by atoms with E-state index in [1.165, 1.54) is 0 Å². The van der Waals surface area contributed by atoms with Crippen LogP contribution in [0.1, 0.15) is 17.5 Å². The number of hydrogen-bond donors (Lipinski definition) is 2. The van der Waals surface area contributed by atoms with Gasteiger partial charge in [-0.15, -0.1) is 5.10 Å². The minimum Gasteiger partial charge on any atom is -0.481 e. The zero-order valence-electron chi connectivity index (χ0n) is 15.2. The van der Waals surface area contributed by atoms with Crippen LogP contribution in [0.25, 0.3) is 10.9 Å². The molecule has 1 fully saturated rings. The lowest BCUT2D eigenvalue weighted by Gasteiger charge is -2.05. The summed E-state index contributed by atoms with van der Waals surface area (Å²) in [5.41, 5.74) is 3.11. The monoisotopic (exact) mass is 407 g/mol. The Balaban J connectivity index is 1.45. The number of carbonyl (C=O) groups is 2. The third kappa shape index (κ3) is 4.52. The maximum absolute atomic E-state index is 11.7. The number of nitrogens with one attached hydrogen (secondary N) is 1. The minimum absolute atomic E-state index is 0.244. The van der Waals surface area contributed by atoms with Crippen molar-refractivity contribution in [2.45, 2.75) is 18.2 Å². The van der Waals surface area contributed by atoms with Gasteiger partial charge in [-0.3, -0.25) is 14.6 Å². The van der Waals surface area contributed by atoms with Crippen molar-refractivity contribution in [3.8, 4) is 0 Å². The average molecular weight is 407 g/mol. The number of carbonyl (C=O) groups excluding carboxylic acids is 1. The molecule has 3 heterocycles. The summed E-state index contributed by atoms with van der Waals surface area (Å²) in [6, 6.07) is 12.0. The predicted octanol–water partition coefficient (Wildman–Crippen LogP) is 2.48. The Morgan fingerprint density at radius 1 is 1.34 bits per heavy atom. The molecule has 146 valence electrons. The fraction of sp³-hybridized carbons (Fsp3) is 0.150. The Morgan fingerprint density at radius 2 is 2.24 bits per heavy atom. The fourth-order valence-corrected chi connectivity index (χ4v) is 3.93. The Morgan fingerprint density at radius 3 is 3.03 bits per heavy atom. The number of amidine groups is 1. The maximum atomic E-state index is 11.7. The Hall–Kier alpha value is -3.46. The molecule has 1 saturated heterocycles. The van der Waals surface area contributed by atoms with Crippen LogP contribution in [0.15, 0.2) is 65.2 Å². The van der Waals surface area contributed by atoms with E-state index in [4.69, 9.17) is 5.11 Å². The van der Waals surface area contributed by atoms with Gasteiger partial charge in [0.1, 0.15) is 5.25 Å². The molecular formula is C20H17N5O3S. The maximum Gasteiger partial charge on any atom is 0.305 e. The van der Waals surface area contributed by atoms with Crippen molar-refractivity contribution in [2.75, 3.05) is 0 Å². The van der Waals surface area contributed by atoms with E-state index in [2.05, 4.69) is 25.1 Å². The SMILES string of the molecule is O=C(O)CC1SC(=NN=Cc2ccc3c(ccn3Cc3cccnc3)c2)NC1=O. The molecule has 1 aliphatic heterocycles. The lowest BCUT2D eigenvalue weighted by atomic mass is 10.2. The van der Waals surface area contributed by atoms with Gasteiger partial charge in [0, 0.05) is 36.0 Å². The molecule has 1 aliphatic rings. The van der Waals surface area contributed by atoms with Gasteiger partial charge in [0.15, 0.2) is 5.17 Å². The number of thioether (sulfide) groups is 1. The number of rotatable bonds is 6. The third-order valence-corrected chi connectivity index (χ3v) is 5.43. The summed E-state index contributed by atoms with van der Waals surface area (Å²) >= 11 is 1.08. The van der Waals surface area contributed by atoms with Crippen molar-refractivity contribution in [2.24, 2.45) is 10.2 Å². The van der Waals surface area contributed by atoms with Crippen molar-refractivity contribution >= 4 is 45.9 Å². The number of nitrogens with zero attached hydrogens (tertiary/aromatic N) is 4. The topological polar surface area (TPSA) is 109 Å². The molecule has 1 amide bonds. The molecular weight excluding hydrogens is 390 g/mol. The normalized spacial score (nSPS) is 18.0. The van der Waals surface area contributed by atoms with E-state index < -0.39 is 11.2 Å². The average Bonchev–Trinajstić information content (AvgIpc) is 3.25. The van der Waals surface area contributed by atoms with Crippen LogP contribution in [0.2, 0.25) is 0 Å². The molecule has 0 aliphatic carbocycles. The van der Waals surface area contributed by atoms with Gasteiger partial charge < -0.3 is 15.0 Å². The highest BCUT2D eigenvalue weighted by atomic mass is 32.2. The van der Waals surface area contributed by atoms with E-state index in [1.54, 1.807) is 12.4 Å². The molecule has 29 heavy (non-hydrogen) atoms. The third-order valence-electron chi connectivity index (χ3n) is 4.36. The number of amides is 1. The summed E-state index contributed by atoms with van der Waals surface area (Å²) in [7, 11) is 0. The molecule has 0 bridgehead atoms. The first kappa shape index (κ1) is 18.9. The van der Waals surface area contributed by atoms with Crippen molar-refractivity contribution in [1.82, 2.24) is 14.9 Å². The molecule has 2 N–H and O–H groups in total. The van der Waals surface area contributed by atoms with Gasteiger partial charge in [0.05, 0.1) is 12.6 Å². The van der Waals surface area contributed by atoms with Gasteiger partial charge in [0.2, 0.25) is 5.91 Å². The first-order valence-electron chi connectivity index (χ1n) is 8.86. The lowest BCUT2D eigenvalue weighted by Crippen LogP contribution is -2.26. The van der Waals surface area contributed by atoms with E-state index in [-0.39, 0.29) is 12.3 Å². The van der Waals surface area contributed by atoms with Crippen LogP contribution in [0, 0.1) is 0 Å². The molecule has 0 spiro atoms. The summed E-state index contributed by atoms with van der Waals surface area (Å²) in [6.07, 6.45) is 7.00. The van der Waals surface area contributed by atoms with Crippen LogP contribution in [-0.2, 0) is 16.1 Å². The predicted molar refractivity (Wildman–Crippen MR) is 112 cm³/mol. The number of benzene rings is 1. The van der Waals surface area contributed by atoms with Gasteiger partial charge in [-0.05, 0) is 35.4 Å². The van der Waals surface area contributed by atoms with E-state index in [0.29, 0.717) is 5.17 Å². The van der Waals surface area contributed by atoms with Gasteiger partial charge in [-0.25, -0.2) is 0 Å². The highest BCUT2D eigenvalue weighted by Gasteiger charge is 2.32. The van der Waals surface area contributed by atoms with Crippen LogP contribution in [-0.4, -0.2) is 43.2 Å². The Kier molecular flexibility index (Phi) is 5.39. The number of fused-ring (bicyclic) bond motifs is 1. The lowest BCUT2D eigenvalue weighted by molar-refractivity contribution is -0.138. The molecule has 3 aromatic rings. The fourth-order valence-electron chi connectivity index (χ4n) is 3.02. The number of aliphatic carboxylic acids is 1. The van der Waals surface area contributed by atoms with E-state index in [9.17, 15) is 9.59 Å². The number of carboxylic acids is 1. The molecule has 0 saturated carbocycles. The zero-order valence-corrected chi connectivity index (χ0v) is 16.0. The molecule has 8 nitrogen and oxygen atoms in total. The molecule has 0 radical (unpaired) electrons. The molecule has 1 unspecified atom stereocenters. The zero-order chi connectivity index (χ0) is 20.2. The Labute approximate surface area is 170 Å². The number of carboxylic acid groups (broad SMARTS) is 1. The smallest absolute Gasteiger partial charge is 0.305 e. The van der Waals surface area contributed by atoms with E-state index in [0.717, 1.165) is 40.3 Å². The number of aromatic nitrogens is 2. The van der Waals surface area contributed by atoms with E-state index in [1.807, 2.05) is 48.8 Å². The van der Waals surface area contributed by atoms with Crippen LogP contribution >= 0.6 is 11.8 Å². The van der Waals surface area contributed by atoms with Crippen molar-refractivity contribution < 1.29 is 14.7 Å². The van der Waals surface area contributed by atoms with Gasteiger partial charge >= 0.3 is 5.97 Å². The highest BCUT2D eigenvalue weighted by Crippen LogP contribution is 2.22. The minimum atomic E-state index is -1.02. The van der Waals surface area contributed by atoms with Crippen molar-refractivity contribution in [1.29, 1.82) is 0 Å². The second-order valence-electron chi connectivity index (χ2n) is 6.47. The first-order valence-corrected chi connectivity index (χ1v) is 9.74. The molecule has 1 aromatic carbocycles. The summed E-state index contributed by atoms with van der Waals surface area (Å²) in [6.45, 7) is 0.743. The van der Waals surface area contributed by atoms with Crippen molar-refractivity contribution in [3.05, 3.63) is 66.1 Å². The van der Waals surface area contributed by atoms with Gasteiger partial charge in [-0.2, -0.15) is 5.10 Å². The number of hydrogen-bond acceptors (Lipinski definition) is 6. The standard InChI is InChI=1S/C20H17N5O3S/c26-18(27)9-17-19(28)23-20(29-17)24-22-11-13-3-4-16-15(8-13)5-7-25(16)12-14-2-1-6-21-10-14/h1-8,10-11,17H,9,12H2,(H,26,27)(H,23,24,28). The van der Waals surface area contributed by atoms with Gasteiger partial charge in [-0.1, -0.05) is 23.9 Å². The van der Waals surface area contributed by atoms with Crippen LogP contribution in [0.4, 0.5) is 0 Å². The summed E-state index contributed by atoms with van der Waals surface area (Å²) in [5, 5.41) is 20.1. The van der Waals surface area contributed by atoms with Crippen LogP contribution < -0.4 is 5.32 Å². The summed E-state index contributed by atoms with van der Waals surface area (Å²) in [5.74, 6) is -1.38. The largest absolute Gasteiger partial charge is 0.481 e. The molecule has 1 atom stereocenters. The Bertz CT molecular complexity index is 1120. The van der Waals surface area contributed by atoms with E-state index >= 15 is 0 Å². The van der Waals surface area contributed by atoms with Crippen LogP contribution in [0.3, 0.4) is 0 Å². The first-order chi connectivity index (χ1) is 14.1. The van der Waals surface area contributed by atoms with Gasteiger partial charge in [0.25, 0.3) is 0 Å². The van der Waals surface area contributed by atoms with Crippen LogP contribution in [0.5, 0.6) is 0 Å². The summed E-state index contributed by atoms with van der Waals surface area (Å²) < 4.78 is 2.15. The highest BCUT2D eigenvalue weighted by molar-refractivity contribution is 8.15. The molecule has 9 heteroatoms. The van der Waals surface area contributed by atoms with Crippen molar-refractivity contribution in [3.63, 3.8) is 0 Å². The quantitative estimate of drug-likeness (QED) is 0.482. The molecule has 2 aromatic heterocycles. The second kappa shape index (κ2) is 8.27. The summed E-state index contributed by atoms with van der Waals surface area (Å²) in [4.78, 5) is 26.6. The molecule has 4 rings (SSSR count).